The summed E-state index contributed by atoms with van der Waals surface area (Å²) in [6.45, 7) is 0.759. The minimum Gasteiger partial charge on any atom is -0.339 e. The Bertz CT molecular complexity index is 715. The van der Waals surface area contributed by atoms with Crippen molar-refractivity contribution in [3.8, 4) is 0 Å². The van der Waals surface area contributed by atoms with Gasteiger partial charge in [0.2, 0.25) is 5.91 Å². The molecule has 0 radical (unpaired) electrons. The van der Waals surface area contributed by atoms with Gasteiger partial charge in [-0.15, -0.1) is 0 Å². The molecule has 130 valence electrons. The van der Waals surface area contributed by atoms with Crippen molar-refractivity contribution in [2.45, 2.75) is 44.1 Å². The Balaban J connectivity index is 1.58. The molecule has 1 aromatic carbocycles. The Morgan fingerprint density at radius 1 is 1.04 bits per heavy atom. The summed E-state index contributed by atoms with van der Waals surface area (Å²) in [5, 5.41) is 0. The van der Waals surface area contributed by atoms with Gasteiger partial charge < -0.3 is 4.90 Å². The van der Waals surface area contributed by atoms with Gasteiger partial charge in [-0.25, -0.2) is 8.42 Å². The topological polar surface area (TPSA) is 54.5 Å². The largest absolute Gasteiger partial charge is 0.339 e. The van der Waals surface area contributed by atoms with Crippen LogP contribution in [0.15, 0.2) is 30.3 Å². The Morgan fingerprint density at radius 3 is 2.50 bits per heavy atom. The molecule has 3 fully saturated rings. The van der Waals surface area contributed by atoms with Gasteiger partial charge in [0.15, 0.2) is 9.84 Å². The van der Waals surface area contributed by atoms with Gasteiger partial charge in [0.05, 0.1) is 17.4 Å². The van der Waals surface area contributed by atoms with Crippen LogP contribution in [0.4, 0.5) is 0 Å². The summed E-state index contributed by atoms with van der Waals surface area (Å²) in [6.07, 6.45) is 5.17. The third-order valence-corrected chi connectivity index (χ3v) is 7.95. The van der Waals surface area contributed by atoms with Crippen molar-refractivity contribution in [3.63, 3.8) is 0 Å². The van der Waals surface area contributed by atoms with Crippen molar-refractivity contribution in [1.82, 2.24) is 4.90 Å². The van der Waals surface area contributed by atoms with Crippen LogP contribution in [0.1, 0.15) is 43.6 Å². The zero-order valence-corrected chi connectivity index (χ0v) is 14.7. The zero-order chi connectivity index (χ0) is 16.7. The van der Waals surface area contributed by atoms with Crippen LogP contribution in [-0.2, 0) is 14.6 Å². The van der Waals surface area contributed by atoms with E-state index in [-0.39, 0.29) is 23.3 Å². The highest BCUT2D eigenvalue weighted by Crippen LogP contribution is 2.45. The highest BCUT2D eigenvalue weighted by Gasteiger charge is 2.47. The molecule has 3 aliphatic rings. The van der Waals surface area contributed by atoms with Gasteiger partial charge in [0.25, 0.3) is 0 Å². The van der Waals surface area contributed by atoms with Crippen LogP contribution in [-0.4, -0.2) is 43.3 Å². The molecule has 1 aliphatic carbocycles. The average molecular weight is 347 g/mol. The average Bonchev–Trinajstić information content (AvgIpc) is 3.15. The number of benzene rings is 1. The van der Waals surface area contributed by atoms with Gasteiger partial charge in [-0.1, -0.05) is 43.2 Å². The quantitative estimate of drug-likeness (QED) is 0.826. The molecule has 0 bridgehead atoms. The summed E-state index contributed by atoms with van der Waals surface area (Å²) in [7, 11) is -3.01. The first-order valence-corrected chi connectivity index (χ1v) is 10.9. The van der Waals surface area contributed by atoms with Gasteiger partial charge in [0.1, 0.15) is 0 Å². The van der Waals surface area contributed by atoms with Crippen molar-refractivity contribution >= 4 is 15.7 Å². The fourth-order valence-electron chi connectivity index (χ4n) is 5.01. The molecule has 0 aromatic heterocycles. The molecule has 4 unspecified atom stereocenters. The molecule has 4 atom stereocenters. The normalized spacial score (nSPS) is 34.9. The number of hydrogen-bond donors (Lipinski definition) is 0. The van der Waals surface area contributed by atoms with Crippen LogP contribution >= 0.6 is 0 Å². The van der Waals surface area contributed by atoms with Crippen molar-refractivity contribution in [2.75, 3.05) is 18.1 Å². The summed E-state index contributed by atoms with van der Waals surface area (Å²) in [6, 6.07) is 10.8. The molecule has 1 saturated carbocycles. The van der Waals surface area contributed by atoms with Crippen LogP contribution in [0.3, 0.4) is 0 Å². The predicted octanol–water partition coefficient (Wildman–Crippen LogP) is 2.61. The van der Waals surface area contributed by atoms with E-state index < -0.39 is 9.84 Å². The number of nitrogens with zero attached hydrogens (tertiary/aromatic N) is 1. The molecule has 0 spiro atoms. The standard InChI is InChI=1S/C19H25NO3S/c21-19(15-10-11-24(22,23)13-15)20-12-17(14-6-2-1-3-7-14)16-8-4-5-9-18(16)20/h1-3,6-7,15-18H,4-5,8-13H2. The van der Waals surface area contributed by atoms with Gasteiger partial charge >= 0.3 is 0 Å². The van der Waals surface area contributed by atoms with E-state index in [1.807, 2.05) is 11.0 Å². The first kappa shape index (κ1) is 16.1. The molecule has 5 heteroatoms. The number of sulfone groups is 1. The fourth-order valence-corrected chi connectivity index (χ4v) is 6.74. The molecule has 1 amide bonds. The number of carbonyl (C=O) groups excluding carboxylic acids is 1. The van der Waals surface area contributed by atoms with Crippen LogP contribution in [0.2, 0.25) is 0 Å². The summed E-state index contributed by atoms with van der Waals surface area (Å²) in [4.78, 5) is 15.1. The molecule has 1 aromatic rings. The lowest BCUT2D eigenvalue weighted by Gasteiger charge is -2.33. The summed E-state index contributed by atoms with van der Waals surface area (Å²) in [5.41, 5.74) is 1.32. The van der Waals surface area contributed by atoms with E-state index in [1.54, 1.807) is 0 Å². The van der Waals surface area contributed by atoms with E-state index >= 15 is 0 Å². The third kappa shape index (κ3) is 2.87. The summed E-state index contributed by atoms with van der Waals surface area (Å²) in [5.74, 6) is 0.934. The molecule has 0 N–H and O–H groups in total. The van der Waals surface area contributed by atoms with Crippen molar-refractivity contribution < 1.29 is 13.2 Å². The Labute approximate surface area is 144 Å². The van der Waals surface area contributed by atoms with E-state index in [1.165, 1.54) is 24.8 Å². The number of likely N-dealkylation sites (tertiary alicyclic amines) is 1. The predicted molar refractivity (Wildman–Crippen MR) is 93.4 cm³/mol. The third-order valence-electron chi connectivity index (χ3n) is 6.18. The van der Waals surface area contributed by atoms with Gasteiger partial charge in [-0.2, -0.15) is 0 Å². The zero-order valence-electron chi connectivity index (χ0n) is 13.9. The number of amides is 1. The van der Waals surface area contributed by atoms with E-state index in [9.17, 15) is 13.2 Å². The highest BCUT2D eigenvalue weighted by atomic mass is 32.2. The Kier molecular flexibility index (Phi) is 4.15. The Morgan fingerprint density at radius 2 is 1.79 bits per heavy atom. The van der Waals surface area contributed by atoms with Gasteiger partial charge in [0, 0.05) is 18.5 Å². The van der Waals surface area contributed by atoms with E-state index in [0.29, 0.717) is 24.3 Å². The minimum absolute atomic E-state index is 0.0513. The summed E-state index contributed by atoms with van der Waals surface area (Å²) < 4.78 is 23.5. The highest BCUT2D eigenvalue weighted by molar-refractivity contribution is 7.91. The van der Waals surface area contributed by atoms with Crippen LogP contribution in [0.5, 0.6) is 0 Å². The summed E-state index contributed by atoms with van der Waals surface area (Å²) >= 11 is 0. The van der Waals surface area contributed by atoms with Crippen LogP contribution < -0.4 is 0 Å². The maximum Gasteiger partial charge on any atom is 0.227 e. The fraction of sp³-hybridized carbons (Fsp3) is 0.632. The molecule has 2 heterocycles. The first-order valence-electron chi connectivity index (χ1n) is 9.11. The van der Waals surface area contributed by atoms with Gasteiger partial charge in [-0.05, 0) is 30.7 Å². The smallest absolute Gasteiger partial charge is 0.227 e. The molecular weight excluding hydrogens is 322 g/mol. The number of hydrogen-bond acceptors (Lipinski definition) is 3. The molecular formula is C19H25NO3S. The van der Waals surface area contributed by atoms with Crippen LogP contribution in [0.25, 0.3) is 0 Å². The van der Waals surface area contributed by atoms with E-state index in [4.69, 9.17) is 0 Å². The molecule has 24 heavy (non-hydrogen) atoms. The van der Waals surface area contributed by atoms with Crippen molar-refractivity contribution in [3.05, 3.63) is 35.9 Å². The molecule has 4 nitrogen and oxygen atoms in total. The lowest BCUT2D eigenvalue weighted by molar-refractivity contribution is -0.136. The molecule has 2 saturated heterocycles. The second kappa shape index (κ2) is 6.17. The maximum atomic E-state index is 13.0. The van der Waals surface area contributed by atoms with Gasteiger partial charge in [-0.3, -0.25) is 4.79 Å². The first-order chi connectivity index (χ1) is 11.6. The number of carbonyl (C=O) groups is 1. The lowest BCUT2D eigenvalue weighted by atomic mass is 9.77. The molecule has 2 aliphatic heterocycles. The van der Waals surface area contributed by atoms with E-state index in [0.717, 1.165) is 13.0 Å². The number of fused-ring (bicyclic) bond motifs is 1. The minimum atomic E-state index is -3.01. The van der Waals surface area contributed by atoms with E-state index in [2.05, 4.69) is 24.3 Å². The van der Waals surface area contributed by atoms with Crippen molar-refractivity contribution in [1.29, 1.82) is 0 Å². The number of rotatable bonds is 2. The SMILES string of the molecule is O=C(C1CCS(=O)(=O)C1)N1CC(c2ccccc2)C2CCCCC21. The second-order valence-electron chi connectivity index (χ2n) is 7.62. The molecule has 4 rings (SSSR count). The monoisotopic (exact) mass is 347 g/mol. The maximum absolute atomic E-state index is 13.0. The van der Waals surface area contributed by atoms with Crippen LogP contribution in [0, 0.1) is 11.8 Å². The van der Waals surface area contributed by atoms with Crippen molar-refractivity contribution in [2.24, 2.45) is 11.8 Å². The Hall–Kier alpha value is -1.36. The second-order valence-corrected chi connectivity index (χ2v) is 9.85. The lowest BCUT2D eigenvalue weighted by Crippen LogP contribution is -2.42.